The summed E-state index contributed by atoms with van der Waals surface area (Å²) in [7, 11) is 0. The molecule has 1 aliphatic rings. The number of ether oxygens (including phenoxy) is 1. The largest absolute Gasteiger partial charge is 0.444 e. The minimum Gasteiger partial charge on any atom is -0.444 e. The van der Waals surface area contributed by atoms with Crippen LogP contribution in [-0.2, 0) is 4.74 Å². The molecule has 0 aromatic carbocycles. The average molecular weight is 249 g/mol. The summed E-state index contributed by atoms with van der Waals surface area (Å²) in [5, 5.41) is -0.0636. The highest BCUT2D eigenvalue weighted by atomic mass is 35.5. The van der Waals surface area contributed by atoms with Gasteiger partial charge < -0.3 is 15.4 Å². The Morgan fingerprint density at radius 2 is 2.19 bits per heavy atom. The summed E-state index contributed by atoms with van der Waals surface area (Å²) in [5.41, 5.74) is 5.14. The minimum absolute atomic E-state index is 0.0636. The van der Waals surface area contributed by atoms with Crippen LogP contribution in [0.15, 0.2) is 0 Å². The number of piperidine rings is 1. The number of rotatable bonds is 1. The average Bonchev–Trinajstić information content (AvgIpc) is 2.15. The second-order valence-corrected chi connectivity index (χ2v) is 5.79. The van der Waals surface area contributed by atoms with Gasteiger partial charge in [0.2, 0.25) is 0 Å². The third kappa shape index (κ3) is 3.83. The summed E-state index contributed by atoms with van der Waals surface area (Å²) < 4.78 is 5.29. The molecule has 0 aliphatic carbocycles. The van der Waals surface area contributed by atoms with E-state index in [9.17, 15) is 4.79 Å². The van der Waals surface area contributed by atoms with Crippen molar-refractivity contribution in [2.75, 3.05) is 19.6 Å². The normalized spacial score (nSPS) is 26.7. The number of alkyl halides is 1. The van der Waals surface area contributed by atoms with Crippen molar-refractivity contribution in [2.24, 2.45) is 11.7 Å². The summed E-state index contributed by atoms with van der Waals surface area (Å²) in [6.45, 7) is 7.36. The molecule has 1 rings (SSSR count). The number of nitrogens with two attached hydrogens (primary N) is 1. The van der Waals surface area contributed by atoms with Crippen molar-refractivity contribution < 1.29 is 9.53 Å². The zero-order valence-corrected chi connectivity index (χ0v) is 11.0. The van der Waals surface area contributed by atoms with Gasteiger partial charge in [-0.3, -0.25) is 0 Å². The van der Waals surface area contributed by atoms with Crippen LogP contribution >= 0.6 is 11.6 Å². The summed E-state index contributed by atoms with van der Waals surface area (Å²) in [5.74, 6) is 0.306. The van der Waals surface area contributed by atoms with Crippen LogP contribution in [-0.4, -0.2) is 41.6 Å². The van der Waals surface area contributed by atoms with E-state index in [1.807, 2.05) is 20.8 Å². The number of amides is 1. The van der Waals surface area contributed by atoms with Crippen molar-refractivity contribution in [2.45, 2.75) is 38.2 Å². The first-order chi connectivity index (χ1) is 7.33. The number of carbonyl (C=O) groups excluding carboxylic acids is 1. The van der Waals surface area contributed by atoms with Gasteiger partial charge in [-0.2, -0.15) is 0 Å². The van der Waals surface area contributed by atoms with E-state index >= 15 is 0 Å². The molecule has 5 heteroatoms. The molecular formula is C11H21ClN2O2. The Bertz CT molecular complexity index is 253. The van der Waals surface area contributed by atoms with Crippen LogP contribution in [0.1, 0.15) is 27.2 Å². The maximum absolute atomic E-state index is 11.8. The fourth-order valence-electron chi connectivity index (χ4n) is 1.71. The molecule has 1 amide bonds. The number of hydrogen-bond acceptors (Lipinski definition) is 3. The Morgan fingerprint density at radius 3 is 2.62 bits per heavy atom. The van der Waals surface area contributed by atoms with Crippen molar-refractivity contribution in [3.8, 4) is 0 Å². The molecule has 2 unspecified atom stereocenters. The fraction of sp³-hybridized carbons (Fsp3) is 0.909. The first-order valence-corrected chi connectivity index (χ1v) is 6.09. The monoisotopic (exact) mass is 248 g/mol. The SMILES string of the molecule is CC(C)(C)OC(=O)N1CCC(CN)C(Cl)C1. The van der Waals surface area contributed by atoms with Gasteiger partial charge >= 0.3 is 6.09 Å². The van der Waals surface area contributed by atoms with Crippen LogP contribution in [0, 0.1) is 5.92 Å². The maximum Gasteiger partial charge on any atom is 0.410 e. The lowest BCUT2D eigenvalue weighted by molar-refractivity contribution is 0.0191. The van der Waals surface area contributed by atoms with Crippen LogP contribution in [0.4, 0.5) is 4.79 Å². The lowest BCUT2D eigenvalue weighted by atomic mass is 9.97. The van der Waals surface area contributed by atoms with Gasteiger partial charge in [-0.25, -0.2) is 4.79 Å². The van der Waals surface area contributed by atoms with Crippen molar-refractivity contribution >= 4 is 17.7 Å². The molecule has 0 spiro atoms. The molecular weight excluding hydrogens is 228 g/mol. The van der Waals surface area contributed by atoms with E-state index in [1.54, 1.807) is 4.90 Å². The van der Waals surface area contributed by atoms with Gasteiger partial charge in [0.05, 0.1) is 5.38 Å². The molecule has 0 aromatic rings. The van der Waals surface area contributed by atoms with E-state index in [0.717, 1.165) is 6.42 Å². The predicted molar refractivity (Wildman–Crippen MR) is 64.6 cm³/mol. The Hall–Kier alpha value is -0.480. The molecule has 1 heterocycles. The molecule has 0 saturated carbocycles. The molecule has 1 saturated heterocycles. The fourth-order valence-corrected chi connectivity index (χ4v) is 2.11. The first-order valence-electron chi connectivity index (χ1n) is 5.65. The summed E-state index contributed by atoms with van der Waals surface area (Å²) >= 11 is 6.16. The van der Waals surface area contributed by atoms with Gasteiger partial charge in [0.25, 0.3) is 0 Å². The molecule has 0 bridgehead atoms. The second kappa shape index (κ2) is 5.23. The summed E-state index contributed by atoms with van der Waals surface area (Å²) in [4.78, 5) is 13.4. The lowest BCUT2D eigenvalue weighted by Crippen LogP contribution is -2.48. The molecule has 4 nitrogen and oxygen atoms in total. The van der Waals surface area contributed by atoms with Gasteiger partial charge in [-0.15, -0.1) is 11.6 Å². The smallest absolute Gasteiger partial charge is 0.410 e. The van der Waals surface area contributed by atoms with Crippen molar-refractivity contribution in [3.05, 3.63) is 0 Å². The Labute approximate surface area is 102 Å². The van der Waals surface area contributed by atoms with E-state index in [-0.39, 0.29) is 11.5 Å². The zero-order chi connectivity index (χ0) is 12.3. The molecule has 2 atom stereocenters. The predicted octanol–water partition coefficient (Wildman–Crippen LogP) is 1.81. The highest BCUT2D eigenvalue weighted by molar-refractivity contribution is 6.21. The Morgan fingerprint density at radius 1 is 1.56 bits per heavy atom. The highest BCUT2D eigenvalue weighted by Crippen LogP contribution is 2.23. The number of nitrogens with zero attached hydrogens (tertiary/aromatic N) is 1. The minimum atomic E-state index is -0.455. The van der Waals surface area contributed by atoms with Gasteiger partial charge in [-0.1, -0.05) is 0 Å². The topological polar surface area (TPSA) is 55.6 Å². The quantitative estimate of drug-likeness (QED) is 0.720. The van der Waals surface area contributed by atoms with Crippen LogP contribution in [0.5, 0.6) is 0 Å². The molecule has 1 aliphatic heterocycles. The molecule has 94 valence electrons. The second-order valence-electron chi connectivity index (χ2n) is 5.23. The number of hydrogen-bond donors (Lipinski definition) is 1. The first kappa shape index (κ1) is 13.6. The Balaban J connectivity index is 2.48. The van der Waals surface area contributed by atoms with Crippen LogP contribution in [0.2, 0.25) is 0 Å². The standard InChI is InChI=1S/C11H21ClN2O2/c1-11(2,3)16-10(15)14-5-4-8(6-13)9(12)7-14/h8-9H,4-7,13H2,1-3H3. The zero-order valence-electron chi connectivity index (χ0n) is 10.2. The third-order valence-electron chi connectivity index (χ3n) is 2.63. The highest BCUT2D eigenvalue weighted by Gasteiger charge is 2.31. The summed E-state index contributed by atoms with van der Waals surface area (Å²) in [6.07, 6.45) is 0.567. The van der Waals surface area contributed by atoms with Crippen molar-refractivity contribution in [3.63, 3.8) is 0 Å². The molecule has 16 heavy (non-hydrogen) atoms. The van der Waals surface area contributed by atoms with Crippen LogP contribution in [0.25, 0.3) is 0 Å². The Kier molecular flexibility index (Phi) is 4.44. The summed E-state index contributed by atoms with van der Waals surface area (Å²) in [6, 6.07) is 0. The maximum atomic E-state index is 11.8. The third-order valence-corrected chi connectivity index (χ3v) is 3.12. The lowest BCUT2D eigenvalue weighted by Gasteiger charge is -2.35. The van der Waals surface area contributed by atoms with Crippen molar-refractivity contribution in [1.29, 1.82) is 0 Å². The van der Waals surface area contributed by atoms with E-state index in [0.29, 0.717) is 25.6 Å². The van der Waals surface area contributed by atoms with E-state index < -0.39 is 5.60 Å². The molecule has 2 N–H and O–H groups in total. The van der Waals surface area contributed by atoms with Crippen LogP contribution < -0.4 is 5.73 Å². The van der Waals surface area contributed by atoms with Gasteiger partial charge in [0.15, 0.2) is 0 Å². The van der Waals surface area contributed by atoms with Gasteiger partial charge in [-0.05, 0) is 39.7 Å². The van der Waals surface area contributed by atoms with Gasteiger partial charge in [0.1, 0.15) is 5.60 Å². The molecule has 1 fully saturated rings. The molecule has 0 radical (unpaired) electrons. The van der Waals surface area contributed by atoms with Crippen molar-refractivity contribution in [1.82, 2.24) is 4.90 Å². The number of likely N-dealkylation sites (tertiary alicyclic amines) is 1. The number of carbonyl (C=O) groups is 1. The van der Waals surface area contributed by atoms with E-state index in [1.165, 1.54) is 0 Å². The van der Waals surface area contributed by atoms with Crippen LogP contribution in [0.3, 0.4) is 0 Å². The van der Waals surface area contributed by atoms with Gasteiger partial charge in [0, 0.05) is 13.1 Å². The van der Waals surface area contributed by atoms with E-state index in [4.69, 9.17) is 22.1 Å². The molecule has 0 aromatic heterocycles. The van der Waals surface area contributed by atoms with E-state index in [2.05, 4.69) is 0 Å². The number of halogens is 1.